The topological polar surface area (TPSA) is 52.5 Å². The van der Waals surface area contributed by atoms with E-state index in [2.05, 4.69) is 19.2 Å². The van der Waals surface area contributed by atoms with Crippen molar-refractivity contribution >= 4 is 16.6 Å². The summed E-state index contributed by atoms with van der Waals surface area (Å²) in [6.07, 6.45) is 4.14. The number of pyridine rings is 1. The van der Waals surface area contributed by atoms with Crippen LogP contribution in [0.25, 0.3) is 10.9 Å². The minimum atomic E-state index is -0.164. The van der Waals surface area contributed by atoms with Crippen molar-refractivity contribution in [1.82, 2.24) is 4.57 Å². The first kappa shape index (κ1) is 20.1. The molecule has 0 bridgehead atoms. The average molecular weight is 360 g/mol. The third kappa shape index (κ3) is 4.71. The Labute approximate surface area is 156 Å². The van der Waals surface area contributed by atoms with Gasteiger partial charge in [-0.2, -0.15) is 0 Å². The summed E-state index contributed by atoms with van der Waals surface area (Å²) in [5, 5.41) is 4.32. The molecular formula is C21H32N2O3. The van der Waals surface area contributed by atoms with E-state index >= 15 is 0 Å². The number of hydrogen-bond acceptors (Lipinski definition) is 4. The minimum absolute atomic E-state index is 0.0938. The van der Waals surface area contributed by atoms with E-state index in [1.165, 1.54) is 0 Å². The first-order valence-corrected chi connectivity index (χ1v) is 9.69. The lowest BCUT2D eigenvalue weighted by Gasteiger charge is -2.19. The summed E-state index contributed by atoms with van der Waals surface area (Å²) in [6.45, 7) is 9.61. The van der Waals surface area contributed by atoms with Crippen LogP contribution in [-0.2, 0) is 7.05 Å². The van der Waals surface area contributed by atoms with Crippen LogP contribution in [0.4, 0.5) is 5.69 Å². The summed E-state index contributed by atoms with van der Waals surface area (Å²) in [6, 6.07) is 6.06. The molecule has 0 saturated carbocycles. The molecule has 1 aromatic carbocycles. The van der Waals surface area contributed by atoms with Crippen molar-refractivity contribution in [2.75, 3.05) is 18.5 Å². The van der Waals surface area contributed by atoms with Crippen molar-refractivity contribution in [2.24, 2.45) is 7.05 Å². The molecule has 5 nitrogen and oxygen atoms in total. The van der Waals surface area contributed by atoms with E-state index in [0.717, 1.165) is 48.8 Å². The fourth-order valence-electron chi connectivity index (χ4n) is 2.80. The van der Waals surface area contributed by atoms with E-state index in [1.807, 2.05) is 32.0 Å². The molecule has 0 amide bonds. The number of fused-ring (bicyclic) bond motifs is 1. The standard InChI is InChI=1S/C21H32N2O3/c1-6-8-12-22-16-10-11-17-18(14-16)23(5)21(24)20(26-15(3)4)19(17)25-13-9-7-2/h10-11,14-15,22H,6-9,12-13H2,1-5H3. The highest BCUT2D eigenvalue weighted by atomic mass is 16.5. The number of ether oxygens (including phenoxy) is 2. The van der Waals surface area contributed by atoms with Crippen LogP contribution in [-0.4, -0.2) is 23.8 Å². The lowest BCUT2D eigenvalue weighted by atomic mass is 10.1. The molecule has 144 valence electrons. The van der Waals surface area contributed by atoms with E-state index in [1.54, 1.807) is 11.6 Å². The second-order valence-electron chi connectivity index (χ2n) is 6.90. The zero-order valence-corrected chi connectivity index (χ0v) is 16.7. The van der Waals surface area contributed by atoms with Gasteiger partial charge in [0, 0.05) is 24.7 Å². The Morgan fingerprint density at radius 3 is 2.50 bits per heavy atom. The molecule has 0 saturated heterocycles. The lowest BCUT2D eigenvalue weighted by molar-refractivity contribution is 0.217. The molecule has 1 N–H and O–H groups in total. The Morgan fingerprint density at radius 1 is 1.12 bits per heavy atom. The molecule has 5 heteroatoms. The van der Waals surface area contributed by atoms with E-state index in [9.17, 15) is 4.79 Å². The van der Waals surface area contributed by atoms with Crippen LogP contribution in [0.15, 0.2) is 23.0 Å². The molecule has 2 aromatic rings. The SMILES string of the molecule is CCCCNc1ccc2c(OCCCC)c(OC(C)C)c(=O)n(C)c2c1. The maximum atomic E-state index is 12.9. The van der Waals surface area contributed by atoms with Gasteiger partial charge >= 0.3 is 0 Å². The van der Waals surface area contributed by atoms with Gasteiger partial charge in [-0.15, -0.1) is 0 Å². The Kier molecular flexibility index (Phi) is 7.37. The molecule has 0 aliphatic carbocycles. The predicted octanol–water partition coefficient (Wildman–Crippen LogP) is 4.72. The number of nitrogens with one attached hydrogen (secondary N) is 1. The van der Waals surface area contributed by atoms with E-state index in [4.69, 9.17) is 9.47 Å². The van der Waals surface area contributed by atoms with Crippen LogP contribution in [0.2, 0.25) is 0 Å². The van der Waals surface area contributed by atoms with Gasteiger partial charge < -0.3 is 19.4 Å². The van der Waals surface area contributed by atoms with Gasteiger partial charge in [-0.05, 0) is 44.9 Å². The van der Waals surface area contributed by atoms with Crippen LogP contribution in [0.5, 0.6) is 11.5 Å². The summed E-state index contributed by atoms with van der Waals surface area (Å²) < 4.78 is 13.5. The van der Waals surface area contributed by atoms with Gasteiger partial charge in [0.25, 0.3) is 5.56 Å². The second kappa shape index (κ2) is 9.51. The van der Waals surface area contributed by atoms with Crippen LogP contribution in [0.3, 0.4) is 0 Å². The summed E-state index contributed by atoms with van der Waals surface area (Å²) in [5.41, 5.74) is 1.69. The van der Waals surface area contributed by atoms with Gasteiger partial charge in [-0.25, -0.2) is 0 Å². The first-order valence-electron chi connectivity index (χ1n) is 9.69. The average Bonchev–Trinajstić information content (AvgIpc) is 2.62. The monoisotopic (exact) mass is 360 g/mol. The zero-order valence-electron chi connectivity index (χ0n) is 16.7. The van der Waals surface area contributed by atoms with E-state index < -0.39 is 0 Å². The smallest absolute Gasteiger partial charge is 0.297 e. The fraction of sp³-hybridized carbons (Fsp3) is 0.571. The van der Waals surface area contributed by atoms with Gasteiger partial charge in [0.15, 0.2) is 5.75 Å². The summed E-state index contributed by atoms with van der Waals surface area (Å²) in [7, 11) is 1.78. The van der Waals surface area contributed by atoms with E-state index in [-0.39, 0.29) is 11.7 Å². The maximum absolute atomic E-state index is 12.9. The molecule has 0 spiro atoms. The summed E-state index contributed by atoms with van der Waals surface area (Å²) in [4.78, 5) is 12.9. The second-order valence-corrected chi connectivity index (χ2v) is 6.90. The van der Waals surface area contributed by atoms with Gasteiger partial charge in [0.05, 0.1) is 18.2 Å². The quantitative estimate of drug-likeness (QED) is 0.623. The Morgan fingerprint density at radius 2 is 1.85 bits per heavy atom. The predicted molar refractivity (Wildman–Crippen MR) is 109 cm³/mol. The van der Waals surface area contributed by atoms with Crippen LogP contribution < -0.4 is 20.3 Å². The van der Waals surface area contributed by atoms with E-state index in [0.29, 0.717) is 18.1 Å². The lowest BCUT2D eigenvalue weighted by Crippen LogP contribution is -2.23. The molecule has 0 radical (unpaired) electrons. The third-order valence-electron chi connectivity index (χ3n) is 4.27. The van der Waals surface area contributed by atoms with Gasteiger partial charge in [-0.1, -0.05) is 26.7 Å². The number of hydrogen-bond donors (Lipinski definition) is 1. The number of aryl methyl sites for hydroxylation is 1. The largest absolute Gasteiger partial charge is 0.489 e. The first-order chi connectivity index (χ1) is 12.5. The molecule has 0 fully saturated rings. The zero-order chi connectivity index (χ0) is 19.1. The molecule has 2 rings (SSSR count). The summed E-state index contributed by atoms with van der Waals surface area (Å²) >= 11 is 0. The van der Waals surface area contributed by atoms with Gasteiger partial charge in [-0.3, -0.25) is 4.79 Å². The molecule has 1 heterocycles. The Balaban J connectivity index is 2.53. The molecular weight excluding hydrogens is 328 g/mol. The van der Waals surface area contributed by atoms with Gasteiger partial charge in [0.2, 0.25) is 5.75 Å². The molecule has 1 aromatic heterocycles. The van der Waals surface area contributed by atoms with Crippen LogP contribution in [0.1, 0.15) is 53.4 Å². The van der Waals surface area contributed by atoms with Crippen molar-refractivity contribution in [2.45, 2.75) is 59.5 Å². The van der Waals surface area contributed by atoms with Crippen molar-refractivity contribution in [3.8, 4) is 11.5 Å². The molecule has 26 heavy (non-hydrogen) atoms. The van der Waals surface area contributed by atoms with Crippen molar-refractivity contribution in [1.29, 1.82) is 0 Å². The van der Waals surface area contributed by atoms with Crippen molar-refractivity contribution < 1.29 is 9.47 Å². The number of anilines is 1. The number of nitrogens with zero attached hydrogens (tertiary/aromatic N) is 1. The third-order valence-corrected chi connectivity index (χ3v) is 4.27. The van der Waals surface area contributed by atoms with Crippen LogP contribution in [0, 0.1) is 0 Å². The highest BCUT2D eigenvalue weighted by Crippen LogP contribution is 2.34. The Hall–Kier alpha value is -2.17. The number of benzene rings is 1. The molecule has 0 aliphatic heterocycles. The molecule has 0 atom stereocenters. The number of aromatic nitrogens is 1. The van der Waals surface area contributed by atoms with Crippen molar-refractivity contribution in [3.63, 3.8) is 0 Å². The highest BCUT2D eigenvalue weighted by Gasteiger charge is 2.19. The number of rotatable bonds is 10. The highest BCUT2D eigenvalue weighted by molar-refractivity contribution is 5.90. The minimum Gasteiger partial charge on any atom is -0.489 e. The summed E-state index contributed by atoms with van der Waals surface area (Å²) in [5.74, 6) is 0.864. The molecule has 0 aliphatic rings. The number of unbranched alkanes of at least 4 members (excludes halogenated alkanes) is 2. The van der Waals surface area contributed by atoms with Crippen molar-refractivity contribution in [3.05, 3.63) is 28.6 Å². The fourth-order valence-corrected chi connectivity index (χ4v) is 2.80. The Bertz CT molecular complexity index is 781. The normalized spacial score (nSPS) is 11.2. The van der Waals surface area contributed by atoms with Gasteiger partial charge in [0.1, 0.15) is 0 Å². The maximum Gasteiger partial charge on any atom is 0.297 e. The van der Waals surface area contributed by atoms with Crippen LogP contribution >= 0.6 is 0 Å². The molecule has 0 unspecified atom stereocenters.